The van der Waals surface area contributed by atoms with Gasteiger partial charge in [0.15, 0.2) is 0 Å². The molecule has 1 amide bonds. The van der Waals surface area contributed by atoms with Crippen LogP contribution in [0.4, 0.5) is 0 Å². The molecule has 2 N–H and O–H groups in total. The Morgan fingerprint density at radius 1 is 1.08 bits per heavy atom. The predicted molar refractivity (Wildman–Crippen MR) is 105 cm³/mol. The molecule has 0 spiro atoms. The minimum absolute atomic E-state index is 0.0720. The number of rotatable bonds is 3. The van der Waals surface area contributed by atoms with Crippen LogP contribution < -0.4 is 10.9 Å². The Bertz CT molecular complexity index is 796. The standard InChI is InChI=1S/C20H21Cl2N3O/c21-15-8-6-13(7-9-15)20(26)25-10-2-5-18(25)19-17(12-23-24-19)14-3-1-4-16(22)11-14/h1,3-4,6-9,11,17-19,23-24H,2,5,10,12H2. The molecule has 2 fully saturated rings. The lowest BCUT2D eigenvalue weighted by Gasteiger charge is -2.32. The summed E-state index contributed by atoms with van der Waals surface area (Å²) in [5.74, 6) is 0.347. The van der Waals surface area contributed by atoms with E-state index < -0.39 is 0 Å². The van der Waals surface area contributed by atoms with Crippen molar-refractivity contribution in [2.24, 2.45) is 0 Å². The fourth-order valence-electron chi connectivity index (χ4n) is 4.12. The number of benzene rings is 2. The first-order valence-electron chi connectivity index (χ1n) is 8.94. The summed E-state index contributed by atoms with van der Waals surface area (Å²) in [5.41, 5.74) is 8.57. The average Bonchev–Trinajstić information content (AvgIpc) is 3.30. The van der Waals surface area contributed by atoms with E-state index in [1.165, 1.54) is 5.56 Å². The lowest BCUT2D eigenvalue weighted by molar-refractivity contribution is 0.0705. The fraction of sp³-hybridized carbons (Fsp3) is 0.350. The van der Waals surface area contributed by atoms with Gasteiger partial charge in [-0.2, -0.15) is 0 Å². The zero-order chi connectivity index (χ0) is 18.1. The van der Waals surface area contributed by atoms with E-state index >= 15 is 0 Å². The van der Waals surface area contributed by atoms with Crippen molar-refractivity contribution < 1.29 is 4.79 Å². The van der Waals surface area contributed by atoms with E-state index in [1.807, 2.05) is 23.1 Å². The molecule has 4 rings (SSSR count). The molecule has 0 radical (unpaired) electrons. The van der Waals surface area contributed by atoms with Gasteiger partial charge in [0.05, 0.1) is 0 Å². The Morgan fingerprint density at radius 3 is 2.65 bits per heavy atom. The molecule has 136 valence electrons. The molecular formula is C20H21Cl2N3O. The first-order chi connectivity index (χ1) is 12.6. The monoisotopic (exact) mass is 389 g/mol. The number of nitrogens with zero attached hydrogens (tertiary/aromatic N) is 1. The maximum atomic E-state index is 13.0. The molecule has 26 heavy (non-hydrogen) atoms. The summed E-state index contributed by atoms with van der Waals surface area (Å²) in [4.78, 5) is 15.0. The second-order valence-corrected chi connectivity index (χ2v) is 7.80. The largest absolute Gasteiger partial charge is 0.334 e. The number of carbonyl (C=O) groups is 1. The van der Waals surface area contributed by atoms with Gasteiger partial charge in [-0.05, 0) is 54.8 Å². The van der Waals surface area contributed by atoms with Crippen LogP contribution in [0.1, 0.15) is 34.7 Å². The van der Waals surface area contributed by atoms with Crippen molar-refractivity contribution >= 4 is 29.1 Å². The van der Waals surface area contributed by atoms with Gasteiger partial charge in [0, 0.05) is 46.7 Å². The third-order valence-electron chi connectivity index (χ3n) is 5.37. The molecule has 0 bridgehead atoms. The van der Waals surface area contributed by atoms with Crippen molar-refractivity contribution in [1.29, 1.82) is 0 Å². The molecule has 2 aliphatic heterocycles. The lowest BCUT2D eigenvalue weighted by Crippen LogP contribution is -2.49. The van der Waals surface area contributed by atoms with Gasteiger partial charge < -0.3 is 4.90 Å². The van der Waals surface area contributed by atoms with Gasteiger partial charge in [-0.3, -0.25) is 15.6 Å². The fourth-order valence-corrected chi connectivity index (χ4v) is 4.44. The maximum absolute atomic E-state index is 13.0. The molecule has 2 saturated heterocycles. The van der Waals surface area contributed by atoms with Crippen LogP contribution >= 0.6 is 23.2 Å². The van der Waals surface area contributed by atoms with Crippen LogP contribution in [-0.2, 0) is 0 Å². The number of nitrogens with one attached hydrogen (secondary N) is 2. The highest BCUT2D eigenvalue weighted by Gasteiger charge is 2.41. The molecule has 6 heteroatoms. The van der Waals surface area contributed by atoms with Gasteiger partial charge >= 0.3 is 0 Å². The smallest absolute Gasteiger partial charge is 0.254 e. The molecule has 0 aliphatic carbocycles. The Hall–Kier alpha value is -1.59. The van der Waals surface area contributed by atoms with E-state index in [9.17, 15) is 4.79 Å². The third kappa shape index (κ3) is 3.47. The third-order valence-corrected chi connectivity index (χ3v) is 5.85. The molecule has 0 saturated carbocycles. The summed E-state index contributed by atoms with van der Waals surface area (Å²) in [6.45, 7) is 1.61. The quantitative estimate of drug-likeness (QED) is 0.837. The first kappa shape index (κ1) is 17.8. The van der Waals surface area contributed by atoms with Crippen molar-refractivity contribution in [3.8, 4) is 0 Å². The molecule has 3 atom stereocenters. The highest BCUT2D eigenvalue weighted by atomic mass is 35.5. The van der Waals surface area contributed by atoms with Crippen molar-refractivity contribution in [3.05, 3.63) is 69.7 Å². The maximum Gasteiger partial charge on any atom is 0.254 e. The minimum Gasteiger partial charge on any atom is -0.334 e. The zero-order valence-corrected chi connectivity index (χ0v) is 15.8. The summed E-state index contributed by atoms with van der Waals surface area (Å²) >= 11 is 12.1. The minimum atomic E-state index is 0.0720. The van der Waals surface area contributed by atoms with Gasteiger partial charge in [0.1, 0.15) is 0 Å². The normalized spacial score (nSPS) is 25.6. The van der Waals surface area contributed by atoms with Crippen LogP contribution in [-0.4, -0.2) is 36.0 Å². The Kier molecular flexibility index (Phi) is 5.18. The van der Waals surface area contributed by atoms with Crippen LogP contribution in [0.2, 0.25) is 10.0 Å². The molecule has 2 heterocycles. The van der Waals surface area contributed by atoms with Crippen molar-refractivity contribution in [1.82, 2.24) is 15.8 Å². The van der Waals surface area contributed by atoms with Crippen LogP contribution in [0, 0.1) is 0 Å². The van der Waals surface area contributed by atoms with E-state index in [0.717, 1.165) is 31.0 Å². The molecule has 0 aromatic heterocycles. The van der Waals surface area contributed by atoms with Crippen molar-refractivity contribution in [3.63, 3.8) is 0 Å². The lowest BCUT2D eigenvalue weighted by atomic mass is 9.87. The highest BCUT2D eigenvalue weighted by molar-refractivity contribution is 6.30. The number of carbonyl (C=O) groups excluding carboxylic acids is 1. The summed E-state index contributed by atoms with van der Waals surface area (Å²) in [5, 5.41) is 1.39. The number of amides is 1. The summed E-state index contributed by atoms with van der Waals surface area (Å²) in [7, 11) is 0. The molecule has 2 aliphatic rings. The molecule has 2 aromatic rings. The van der Waals surface area contributed by atoms with Crippen LogP contribution in [0.15, 0.2) is 48.5 Å². The first-order valence-corrected chi connectivity index (χ1v) is 9.69. The molecule has 3 unspecified atom stereocenters. The molecular weight excluding hydrogens is 369 g/mol. The van der Waals surface area contributed by atoms with E-state index in [0.29, 0.717) is 10.6 Å². The number of likely N-dealkylation sites (tertiary alicyclic amines) is 1. The second kappa shape index (κ2) is 7.57. The van der Waals surface area contributed by atoms with Crippen LogP contribution in [0.25, 0.3) is 0 Å². The van der Waals surface area contributed by atoms with Crippen LogP contribution in [0.5, 0.6) is 0 Å². The average molecular weight is 390 g/mol. The Morgan fingerprint density at radius 2 is 1.88 bits per heavy atom. The number of hydrazine groups is 1. The van der Waals surface area contributed by atoms with Gasteiger partial charge in [-0.1, -0.05) is 35.3 Å². The number of hydrogen-bond acceptors (Lipinski definition) is 3. The van der Waals surface area contributed by atoms with Gasteiger partial charge in [-0.25, -0.2) is 0 Å². The van der Waals surface area contributed by atoms with Crippen molar-refractivity contribution in [2.45, 2.75) is 30.8 Å². The topological polar surface area (TPSA) is 44.4 Å². The second-order valence-electron chi connectivity index (χ2n) is 6.93. The molecule has 4 nitrogen and oxygen atoms in total. The van der Waals surface area contributed by atoms with Crippen LogP contribution in [0.3, 0.4) is 0 Å². The Balaban J connectivity index is 1.57. The van der Waals surface area contributed by atoms with Gasteiger partial charge in [-0.15, -0.1) is 0 Å². The van der Waals surface area contributed by atoms with E-state index in [2.05, 4.69) is 16.9 Å². The Labute approximate surface area is 163 Å². The van der Waals surface area contributed by atoms with E-state index in [1.54, 1.807) is 24.3 Å². The highest BCUT2D eigenvalue weighted by Crippen LogP contribution is 2.33. The van der Waals surface area contributed by atoms with Gasteiger partial charge in [0.25, 0.3) is 5.91 Å². The van der Waals surface area contributed by atoms with Crippen molar-refractivity contribution in [2.75, 3.05) is 13.1 Å². The van der Waals surface area contributed by atoms with E-state index in [-0.39, 0.29) is 23.9 Å². The van der Waals surface area contributed by atoms with E-state index in [4.69, 9.17) is 23.2 Å². The predicted octanol–water partition coefficient (Wildman–Crippen LogP) is 3.86. The molecule has 2 aromatic carbocycles. The summed E-state index contributed by atoms with van der Waals surface area (Å²) in [6.07, 6.45) is 2.01. The number of halogens is 2. The number of hydrogen-bond donors (Lipinski definition) is 2. The summed E-state index contributed by atoms with van der Waals surface area (Å²) in [6, 6.07) is 15.5. The summed E-state index contributed by atoms with van der Waals surface area (Å²) < 4.78 is 0. The zero-order valence-electron chi connectivity index (χ0n) is 14.3. The SMILES string of the molecule is O=C(c1ccc(Cl)cc1)N1CCCC1C1NNCC1c1cccc(Cl)c1. The van der Waals surface area contributed by atoms with Gasteiger partial charge in [0.2, 0.25) is 0 Å².